The van der Waals surface area contributed by atoms with Gasteiger partial charge in [0, 0.05) is 0 Å². The molecule has 1 aliphatic heterocycles. The summed E-state index contributed by atoms with van der Waals surface area (Å²) >= 11 is 0. The zero-order valence-corrected chi connectivity index (χ0v) is 15.6. The van der Waals surface area contributed by atoms with E-state index >= 15 is 0 Å². The van der Waals surface area contributed by atoms with Gasteiger partial charge >= 0.3 is 18.0 Å². The van der Waals surface area contributed by atoms with Crippen LogP contribution in [-0.4, -0.2) is 0 Å². The summed E-state index contributed by atoms with van der Waals surface area (Å²) in [7, 11) is 0. The first-order chi connectivity index (χ1) is 14.9. The van der Waals surface area contributed by atoms with Gasteiger partial charge < -0.3 is 14.9 Å². The molecule has 32 heavy (non-hydrogen) atoms. The lowest BCUT2D eigenvalue weighted by Crippen LogP contribution is -2.27. The van der Waals surface area contributed by atoms with Crippen LogP contribution in [0.5, 0.6) is 5.75 Å². The lowest BCUT2D eigenvalue weighted by atomic mass is 9.82. The quantitative estimate of drug-likeness (QED) is 0.412. The largest absolute Gasteiger partial charge is 0.439 e. The predicted molar refractivity (Wildman–Crippen MR) is 98.2 cm³/mol. The van der Waals surface area contributed by atoms with Gasteiger partial charge in [0.25, 0.3) is 0 Å². The number of nitriles is 1. The molecule has 2 heterocycles. The summed E-state index contributed by atoms with van der Waals surface area (Å²) in [5.74, 6) is -2.43. The van der Waals surface area contributed by atoms with E-state index in [0.29, 0.717) is 12.1 Å². The second kappa shape index (κ2) is 7.05. The van der Waals surface area contributed by atoms with E-state index in [2.05, 4.69) is 0 Å². The standard InChI is InChI=1S/C21H10F6N2O3/c22-20(23,24)10-5-9(6-11(7-10)21(25,26)27)15-13(8-28)18(29)32-17-12-3-1-2-4-14(12)31-19(30)16(15)17/h1-7,15H,29H2. The molecular formula is C21H10F6N2O3. The number of hydrogen-bond acceptors (Lipinski definition) is 5. The highest BCUT2D eigenvalue weighted by molar-refractivity contribution is 5.86. The Morgan fingerprint density at radius 1 is 0.969 bits per heavy atom. The van der Waals surface area contributed by atoms with Crippen LogP contribution in [0.3, 0.4) is 0 Å². The maximum absolute atomic E-state index is 13.4. The van der Waals surface area contributed by atoms with Gasteiger partial charge in [0.1, 0.15) is 17.2 Å². The SMILES string of the molecule is N#CC1=C(N)Oc2c(c(=O)oc3ccccc23)C1c1cc(C(F)(F)F)cc(C(F)(F)F)c1. The summed E-state index contributed by atoms with van der Waals surface area (Å²) in [5.41, 5.74) is -0.0137. The second-order valence-electron chi connectivity index (χ2n) is 6.89. The smallest absolute Gasteiger partial charge is 0.416 e. The average Bonchev–Trinajstić information content (AvgIpc) is 2.71. The fourth-order valence-corrected chi connectivity index (χ4v) is 3.54. The first kappa shape index (κ1) is 21.3. The minimum Gasteiger partial charge on any atom is -0.439 e. The van der Waals surface area contributed by atoms with Crippen molar-refractivity contribution in [2.24, 2.45) is 5.73 Å². The molecule has 0 bridgehead atoms. The van der Waals surface area contributed by atoms with Crippen molar-refractivity contribution in [2.45, 2.75) is 18.3 Å². The van der Waals surface area contributed by atoms with Crippen LogP contribution in [0.25, 0.3) is 11.0 Å². The number of halogens is 6. The molecule has 11 heteroatoms. The van der Waals surface area contributed by atoms with Gasteiger partial charge in [-0.05, 0) is 35.9 Å². The van der Waals surface area contributed by atoms with E-state index in [1.165, 1.54) is 12.1 Å². The molecular weight excluding hydrogens is 442 g/mol. The van der Waals surface area contributed by atoms with Gasteiger partial charge in [-0.1, -0.05) is 12.1 Å². The van der Waals surface area contributed by atoms with Crippen molar-refractivity contribution in [3.63, 3.8) is 0 Å². The van der Waals surface area contributed by atoms with Crippen LogP contribution in [-0.2, 0) is 12.4 Å². The first-order valence-electron chi connectivity index (χ1n) is 8.84. The first-order valence-corrected chi connectivity index (χ1v) is 8.84. The van der Waals surface area contributed by atoms with Crippen LogP contribution in [0.4, 0.5) is 26.3 Å². The molecule has 5 nitrogen and oxygen atoms in total. The number of ether oxygens (including phenoxy) is 1. The van der Waals surface area contributed by atoms with Crippen LogP contribution in [0, 0.1) is 11.3 Å². The Balaban J connectivity index is 2.10. The summed E-state index contributed by atoms with van der Waals surface area (Å²) in [6, 6.07) is 8.42. The summed E-state index contributed by atoms with van der Waals surface area (Å²) in [6.45, 7) is 0. The van der Waals surface area contributed by atoms with Crippen molar-refractivity contribution in [3.8, 4) is 11.8 Å². The number of hydrogen-bond donors (Lipinski definition) is 1. The molecule has 164 valence electrons. The van der Waals surface area contributed by atoms with E-state index in [1.54, 1.807) is 18.2 Å². The fourth-order valence-electron chi connectivity index (χ4n) is 3.54. The number of alkyl halides is 6. The highest BCUT2D eigenvalue weighted by Crippen LogP contribution is 2.46. The summed E-state index contributed by atoms with van der Waals surface area (Å²) in [5, 5.41) is 9.74. The Kier molecular flexibility index (Phi) is 4.69. The Hall–Kier alpha value is -3.94. The molecule has 0 saturated carbocycles. The molecule has 2 N–H and O–H groups in total. The predicted octanol–water partition coefficient (Wildman–Crippen LogP) is 5.05. The van der Waals surface area contributed by atoms with Crippen LogP contribution in [0.15, 0.2) is 63.1 Å². The molecule has 2 aromatic carbocycles. The van der Waals surface area contributed by atoms with E-state index in [4.69, 9.17) is 14.9 Å². The van der Waals surface area contributed by atoms with Gasteiger partial charge in [-0.3, -0.25) is 0 Å². The number of nitrogens with two attached hydrogens (primary N) is 1. The zero-order valence-electron chi connectivity index (χ0n) is 15.6. The number of para-hydroxylation sites is 1. The molecule has 1 atom stereocenters. The second-order valence-corrected chi connectivity index (χ2v) is 6.89. The topological polar surface area (TPSA) is 89.3 Å². The van der Waals surface area contributed by atoms with Crippen molar-refractivity contribution >= 4 is 11.0 Å². The summed E-state index contributed by atoms with van der Waals surface area (Å²) in [4.78, 5) is 12.7. The van der Waals surface area contributed by atoms with Crippen LogP contribution in [0.2, 0.25) is 0 Å². The third kappa shape index (κ3) is 3.43. The lowest BCUT2D eigenvalue weighted by Gasteiger charge is -2.27. The molecule has 4 rings (SSSR count). The van der Waals surface area contributed by atoms with Gasteiger partial charge in [0.2, 0.25) is 5.88 Å². The molecule has 0 radical (unpaired) electrons. The Morgan fingerprint density at radius 3 is 2.12 bits per heavy atom. The Labute approximate surface area is 174 Å². The van der Waals surface area contributed by atoms with E-state index in [0.717, 1.165) is 0 Å². The molecule has 0 aliphatic carbocycles. The number of nitrogens with zero attached hydrogens (tertiary/aromatic N) is 1. The number of benzene rings is 2. The highest BCUT2D eigenvalue weighted by atomic mass is 19.4. The maximum atomic E-state index is 13.4. The molecule has 1 aliphatic rings. The molecule has 3 aromatic rings. The highest BCUT2D eigenvalue weighted by Gasteiger charge is 2.41. The number of fused-ring (bicyclic) bond motifs is 3. The Bertz CT molecular complexity index is 1350. The minimum atomic E-state index is -5.12. The lowest BCUT2D eigenvalue weighted by molar-refractivity contribution is -0.143. The monoisotopic (exact) mass is 452 g/mol. The van der Waals surface area contributed by atoms with Gasteiger partial charge in [-0.25, -0.2) is 4.79 Å². The average molecular weight is 452 g/mol. The van der Waals surface area contributed by atoms with Crippen LogP contribution < -0.4 is 16.1 Å². The van der Waals surface area contributed by atoms with Gasteiger partial charge in [-0.15, -0.1) is 0 Å². The van der Waals surface area contributed by atoms with Gasteiger partial charge in [0.05, 0.1) is 28.0 Å². The molecule has 0 spiro atoms. The number of allylic oxidation sites excluding steroid dienone is 1. The van der Waals surface area contributed by atoms with Crippen LogP contribution >= 0.6 is 0 Å². The van der Waals surface area contributed by atoms with Gasteiger partial charge in [-0.2, -0.15) is 31.6 Å². The normalized spacial score (nSPS) is 16.5. The van der Waals surface area contributed by atoms with Crippen molar-refractivity contribution in [1.29, 1.82) is 5.26 Å². The van der Waals surface area contributed by atoms with Crippen molar-refractivity contribution in [3.05, 3.63) is 86.6 Å². The third-order valence-electron chi connectivity index (χ3n) is 4.92. The summed E-state index contributed by atoms with van der Waals surface area (Å²) < 4.78 is 90.8. The van der Waals surface area contributed by atoms with E-state index in [9.17, 15) is 36.4 Å². The maximum Gasteiger partial charge on any atom is 0.416 e. The fraction of sp³-hybridized carbons (Fsp3) is 0.143. The van der Waals surface area contributed by atoms with Crippen molar-refractivity contribution < 1.29 is 35.5 Å². The molecule has 0 amide bonds. The third-order valence-corrected chi connectivity index (χ3v) is 4.92. The number of rotatable bonds is 1. The molecule has 0 fully saturated rings. The zero-order chi connectivity index (χ0) is 23.4. The molecule has 1 aromatic heterocycles. The van der Waals surface area contributed by atoms with E-state index in [1.807, 2.05) is 0 Å². The molecule has 1 unspecified atom stereocenters. The van der Waals surface area contributed by atoms with Crippen molar-refractivity contribution in [1.82, 2.24) is 0 Å². The molecule has 0 saturated heterocycles. The van der Waals surface area contributed by atoms with Crippen LogP contribution in [0.1, 0.15) is 28.2 Å². The summed E-state index contributed by atoms with van der Waals surface area (Å²) in [6.07, 6.45) is -10.2. The minimum absolute atomic E-state index is 0.0499. The Morgan fingerprint density at radius 2 is 1.56 bits per heavy atom. The van der Waals surface area contributed by atoms with Crippen molar-refractivity contribution in [2.75, 3.05) is 0 Å². The van der Waals surface area contributed by atoms with E-state index in [-0.39, 0.29) is 22.8 Å². The van der Waals surface area contributed by atoms with Gasteiger partial charge in [0.15, 0.2) is 5.75 Å². The van der Waals surface area contributed by atoms with E-state index < -0.39 is 57.6 Å².